The van der Waals surface area contributed by atoms with Gasteiger partial charge in [0.1, 0.15) is 16.5 Å². The molecule has 0 aliphatic carbocycles. The molecule has 25 heavy (non-hydrogen) atoms. The highest BCUT2D eigenvalue weighted by Gasteiger charge is 2.13. The zero-order valence-electron chi connectivity index (χ0n) is 13.4. The average Bonchev–Trinajstić information content (AvgIpc) is 3.10. The van der Waals surface area contributed by atoms with Gasteiger partial charge in [-0.15, -0.1) is 10.2 Å². The van der Waals surface area contributed by atoms with E-state index in [1.165, 1.54) is 18.4 Å². The Balaban J connectivity index is 1.74. The fraction of sp³-hybridized carbons (Fsp3) is 0.118. The molecule has 128 valence electrons. The summed E-state index contributed by atoms with van der Waals surface area (Å²) < 4.78 is 10.2. The molecule has 1 amide bonds. The van der Waals surface area contributed by atoms with Crippen molar-refractivity contribution in [2.75, 3.05) is 19.5 Å². The number of hydrogen-bond acceptors (Lipinski definition) is 6. The van der Waals surface area contributed by atoms with Crippen LogP contribution in [0.15, 0.2) is 42.5 Å². The quantitative estimate of drug-likeness (QED) is 0.725. The van der Waals surface area contributed by atoms with Gasteiger partial charge in [0.2, 0.25) is 5.13 Å². The molecule has 0 saturated carbocycles. The second-order valence-electron chi connectivity index (χ2n) is 4.94. The second kappa shape index (κ2) is 7.50. The van der Waals surface area contributed by atoms with E-state index < -0.39 is 0 Å². The van der Waals surface area contributed by atoms with Crippen LogP contribution in [0.1, 0.15) is 10.4 Å². The third-order valence-electron chi connectivity index (χ3n) is 3.40. The minimum absolute atomic E-state index is 0.318. The monoisotopic (exact) mass is 375 g/mol. The maximum Gasteiger partial charge on any atom is 0.257 e. The van der Waals surface area contributed by atoms with Gasteiger partial charge < -0.3 is 9.47 Å². The van der Waals surface area contributed by atoms with Crippen LogP contribution in [-0.4, -0.2) is 30.3 Å². The van der Waals surface area contributed by atoms with Gasteiger partial charge in [0.05, 0.1) is 19.2 Å². The summed E-state index contributed by atoms with van der Waals surface area (Å²) >= 11 is 7.33. The first-order valence-corrected chi connectivity index (χ1v) is 8.43. The zero-order chi connectivity index (χ0) is 17.8. The summed E-state index contributed by atoms with van der Waals surface area (Å²) in [5.74, 6) is 0.955. The Morgan fingerprint density at radius 1 is 1.08 bits per heavy atom. The summed E-state index contributed by atoms with van der Waals surface area (Å²) in [5, 5.41) is 12.3. The maximum atomic E-state index is 12.3. The topological polar surface area (TPSA) is 73.3 Å². The molecule has 2 aromatic carbocycles. The fourth-order valence-electron chi connectivity index (χ4n) is 2.10. The number of hydrogen-bond donors (Lipinski definition) is 1. The van der Waals surface area contributed by atoms with Gasteiger partial charge in [-0.05, 0) is 42.5 Å². The third-order valence-corrected chi connectivity index (χ3v) is 4.58. The van der Waals surface area contributed by atoms with Gasteiger partial charge in [-0.25, -0.2) is 0 Å². The van der Waals surface area contributed by atoms with Crippen molar-refractivity contribution in [1.82, 2.24) is 10.2 Å². The number of methoxy groups -OCH3 is 2. The van der Waals surface area contributed by atoms with E-state index in [9.17, 15) is 4.79 Å². The largest absolute Gasteiger partial charge is 0.497 e. The van der Waals surface area contributed by atoms with Crippen LogP contribution in [-0.2, 0) is 0 Å². The summed E-state index contributed by atoms with van der Waals surface area (Å²) in [6.45, 7) is 0. The SMILES string of the molecule is COc1ccc(-c2nnc(NC(=O)c3ccc(OC)c(Cl)c3)s2)cc1. The van der Waals surface area contributed by atoms with E-state index in [1.54, 1.807) is 25.3 Å². The summed E-state index contributed by atoms with van der Waals surface area (Å²) in [5.41, 5.74) is 1.30. The Labute approximate surface area is 153 Å². The number of aromatic nitrogens is 2. The third kappa shape index (κ3) is 3.89. The van der Waals surface area contributed by atoms with Crippen molar-refractivity contribution in [2.45, 2.75) is 0 Å². The van der Waals surface area contributed by atoms with Gasteiger partial charge in [0.15, 0.2) is 0 Å². The molecular formula is C17H14ClN3O3S. The Morgan fingerprint density at radius 3 is 2.48 bits per heavy atom. The molecule has 8 heteroatoms. The Morgan fingerprint density at radius 2 is 1.84 bits per heavy atom. The number of benzene rings is 2. The molecule has 1 aromatic heterocycles. The number of halogens is 1. The lowest BCUT2D eigenvalue weighted by molar-refractivity contribution is 0.102. The van der Waals surface area contributed by atoms with Crippen molar-refractivity contribution in [3.8, 4) is 22.1 Å². The maximum absolute atomic E-state index is 12.3. The lowest BCUT2D eigenvalue weighted by atomic mass is 10.2. The molecule has 0 fully saturated rings. The molecule has 1 heterocycles. The summed E-state index contributed by atoms with van der Waals surface area (Å²) in [4.78, 5) is 12.3. The van der Waals surface area contributed by atoms with Crippen LogP contribution in [0, 0.1) is 0 Å². The number of carbonyl (C=O) groups excluding carboxylic acids is 1. The zero-order valence-corrected chi connectivity index (χ0v) is 15.0. The van der Waals surface area contributed by atoms with Crippen molar-refractivity contribution in [1.29, 1.82) is 0 Å². The molecule has 0 bridgehead atoms. The van der Waals surface area contributed by atoms with Crippen molar-refractivity contribution >= 4 is 34.0 Å². The number of rotatable bonds is 5. The molecule has 3 rings (SSSR count). The van der Waals surface area contributed by atoms with Crippen LogP contribution in [0.3, 0.4) is 0 Å². The van der Waals surface area contributed by atoms with E-state index in [0.29, 0.717) is 26.5 Å². The molecule has 1 N–H and O–H groups in total. The van der Waals surface area contributed by atoms with Crippen LogP contribution < -0.4 is 14.8 Å². The predicted molar refractivity (Wildman–Crippen MR) is 97.9 cm³/mol. The van der Waals surface area contributed by atoms with Crippen LogP contribution >= 0.6 is 22.9 Å². The number of amides is 1. The molecule has 0 radical (unpaired) electrons. The standard InChI is InChI=1S/C17H14ClN3O3S/c1-23-12-6-3-10(4-7-12)16-20-21-17(25-16)19-15(22)11-5-8-14(24-2)13(18)9-11/h3-9H,1-2H3,(H,19,21,22). The van der Waals surface area contributed by atoms with Gasteiger partial charge in [-0.2, -0.15) is 0 Å². The number of anilines is 1. The molecule has 0 spiro atoms. The highest BCUT2D eigenvalue weighted by atomic mass is 35.5. The number of ether oxygens (including phenoxy) is 2. The van der Waals surface area contributed by atoms with Crippen LogP contribution in [0.2, 0.25) is 5.02 Å². The Bertz CT molecular complexity index is 896. The molecule has 0 atom stereocenters. The lowest BCUT2D eigenvalue weighted by Gasteiger charge is -2.05. The first-order chi connectivity index (χ1) is 12.1. The highest BCUT2D eigenvalue weighted by Crippen LogP contribution is 2.29. The van der Waals surface area contributed by atoms with E-state index in [4.69, 9.17) is 21.1 Å². The molecule has 0 saturated heterocycles. The van der Waals surface area contributed by atoms with E-state index in [0.717, 1.165) is 11.3 Å². The molecule has 0 aliphatic heterocycles. The van der Waals surface area contributed by atoms with Crippen LogP contribution in [0.25, 0.3) is 10.6 Å². The molecule has 3 aromatic rings. The number of nitrogens with zero attached hydrogens (tertiary/aromatic N) is 2. The molecule has 6 nitrogen and oxygen atoms in total. The predicted octanol–water partition coefficient (Wildman–Crippen LogP) is 4.13. The van der Waals surface area contributed by atoms with Crippen LogP contribution in [0.4, 0.5) is 5.13 Å². The number of carbonyl (C=O) groups is 1. The average molecular weight is 376 g/mol. The van der Waals surface area contributed by atoms with Gasteiger partial charge in [-0.3, -0.25) is 10.1 Å². The fourth-order valence-corrected chi connectivity index (χ4v) is 3.10. The van der Waals surface area contributed by atoms with Gasteiger partial charge >= 0.3 is 0 Å². The lowest BCUT2D eigenvalue weighted by Crippen LogP contribution is -2.11. The van der Waals surface area contributed by atoms with E-state index in [1.807, 2.05) is 24.3 Å². The molecule has 0 unspecified atom stereocenters. The first kappa shape index (κ1) is 17.2. The number of nitrogens with one attached hydrogen (secondary N) is 1. The second-order valence-corrected chi connectivity index (χ2v) is 6.33. The van der Waals surface area contributed by atoms with Gasteiger partial charge in [0.25, 0.3) is 5.91 Å². The normalized spacial score (nSPS) is 10.4. The van der Waals surface area contributed by atoms with Crippen LogP contribution in [0.5, 0.6) is 11.5 Å². The first-order valence-electron chi connectivity index (χ1n) is 7.23. The molecular weight excluding hydrogens is 362 g/mol. The van der Waals surface area contributed by atoms with Gasteiger partial charge in [-0.1, -0.05) is 22.9 Å². The highest BCUT2D eigenvalue weighted by molar-refractivity contribution is 7.18. The summed E-state index contributed by atoms with van der Waals surface area (Å²) in [6, 6.07) is 12.3. The molecule has 0 aliphatic rings. The minimum atomic E-state index is -0.318. The van der Waals surface area contributed by atoms with Gasteiger partial charge in [0, 0.05) is 11.1 Å². The van der Waals surface area contributed by atoms with Crippen molar-refractivity contribution in [3.63, 3.8) is 0 Å². The van der Waals surface area contributed by atoms with E-state index >= 15 is 0 Å². The van der Waals surface area contributed by atoms with Crippen molar-refractivity contribution in [3.05, 3.63) is 53.1 Å². The Hall–Kier alpha value is -2.64. The van der Waals surface area contributed by atoms with Crippen molar-refractivity contribution < 1.29 is 14.3 Å². The minimum Gasteiger partial charge on any atom is -0.497 e. The van der Waals surface area contributed by atoms with E-state index in [-0.39, 0.29) is 5.91 Å². The van der Waals surface area contributed by atoms with Crippen molar-refractivity contribution in [2.24, 2.45) is 0 Å². The Kier molecular flexibility index (Phi) is 5.16. The smallest absolute Gasteiger partial charge is 0.257 e. The summed E-state index contributed by atoms with van der Waals surface area (Å²) in [6.07, 6.45) is 0. The summed E-state index contributed by atoms with van der Waals surface area (Å²) in [7, 11) is 3.13. The van der Waals surface area contributed by atoms with E-state index in [2.05, 4.69) is 15.5 Å².